The van der Waals surface area contributed by atoms with E-state index >= 15 is 0 Å². The highest BCUT2D eigenvalue weighted by atomic mass is 31.2. The van der Waals surface area contributed by atoms with Crippen molar-refractivity contribution in [3.8, 4) is 28.7 Å². The molecule has 0 aliphatic heterocycles. The van der Waals surface area contributed by atoms with E-state index in [0.29, 0.717) is 63.3 Å². The maximum absolute atomic E-state index is 14.1. The van der Waals surface area contributed by atoms with Crippen molar-refractivity contribution in [2.75, 3.05) is 21.3 Å². The number of para-hydroxylation sites is 1. The maximum Gasteiger partial charge on any atom is 0.601 e. The van der Waals surface area contributed by atoms with Gasteiger partial charge in [0, 0.05) is 28.3 Å². The SMILES string of the molecule is COc1cc(C=O)ccc1OP(OC(c1ccccc1)(c1ccccc1)c1ccccc1O[P+](=O)c1ccc(C=O)cc1OC)c1ccc(C=O)cc1OC. The summed E-state index contributed by atoms with van der Waals surface area (Å²) in [7, 11) is -0.474. The molecule has 10 nitrogen and oxygen atoms in total. The maximum atomic E-state index is 14.1. The Labute approximate surface area is 320 Å². The van der Waals surface area contributed by atoms with Crippen molar-refractivity contribution in [2.24, 2.45) is 0 Å². The fraction of sp³-hybridized carbons (Fsp3) is 0.0930. The Morgan fingerprint density at radius 1 is 0.527 bits per heavy atom. The van der Waals surface area contributed by atoms with E-state index < -0.39 is 22.0 Å². The molecular formula is C43H35O10P2+. The van der Waals surface area contributed by atoms with Crippen molar-refractivity contribution in [1.82, 2.24) is 0 Å². The second-order valence-corrected chi connectivity index (χ2v) is 14.4. The molecule has 0 radical (unpaired) electrons. The lowest BCUT2D eigenvalue weighted by Gasteiger charge is -2.38. The summed E-state index contributed by atoms with van der Waals surface area (Å²) in [6.07, 6.45) is 2.09. The number of ether oxygens (including phenoxy) is 3. The van der Waals surface area contributed by atoms with Crippen LogP contribution in [-0.2, 0) is 14.7 Å². The molecule has 6 aromatic rings. The Bertz CT molecular complexity index is 2280. The third kappa shape index (κ3) is 8.17. The summed E-state index contributed by atoms with van der Waals surface area (Å²) >= 11 is 0. The fourth-order valence-corrected chi connectivity index (χ4v) is 8.58. The van der Waals surface area contributed by atoms with Gasteiger partial charge in [-0.05, 0) is 64.2 Å². The van der Waals surface area contributed by atoms with Crippen LogP contribution in [-0.4, -0.2) is 40.2 Å². The number of rotatable bonds is 17. The highest BCUT2D eigenvalue weighted by molar-refractivity contribution is 7.56. The molecule has 0 aromatic heterocycles. The zero-order valence-electron chi connectivity index (χ0n) is 30.0. The van der Waals surface area contributed by atoms with E-state index in [4.69, 9.17) is 27.8 Å². The van der Waals surface area contributed by atoms with Gasteiger partial charge in [-0.25, -0.2) is 4.52 Å². The molecule has 6 aromatic carbocycles. The average molecular weight is 774 g/mol. The lowest BCUT2D eigenvalue weighted by Crippen LogP contribution is -2.34. The van der Waals surface area contributed by atoms with E-state index in [1.807, 2.05) is 72.8 Å². The normalized spacial score (nSPS) is 11.8. The second kappa shape index (κ2) is 17.8. The van der Waals surface area contributed by atoms with Gasteiger partial charge in [0.1, 0.15) is 24.6 Å². The van der Waals surface area contributed by atoms with Gasteiger partial charge >= 0.3 is 8.03 Å². The molecule has 0 saturated carbocycles. The molecule has 12 heteroatoms. The topological polar surface area (TPSA) is 124 Å². The quantitative estimate of drug-likeness (QED) is 0.0506. The zero-order chi connectivity index (χ0) is 38.8. The summed E-state index contributed by atoms with van der Waals surface area (Å²) in [6, 6.07) is 40.3. The highest BCUT2D eigenvalue weighted by Crippen LogP contribution is 2.56. The van der Waals surface area contributed by atoms with E-state index in [1.54, 1.807) is 54.6 Å². The van der Waals surface area contributed by atoms with Gasteiger partial charge in [-0.1, -0.05) is 84.9 Å². The van der Waals surface area contributed by atoms with Gasteiger partial charge in [0.25, 0.3) is 13.7 Å². The molecule has 55 heavy (non-hydrogen) atoms. The van der Waals surface area contributed by atoms with E-state index in [1.165, 1.54) is 33.5 Å². The number of benzene rings is 6. The molecule has 2 unspecified atom stereocenters. The van der Waals surface area contributed by atoms with Gasteiger partial charge < -0.3 is 18.7 Å². The summed E-state index contributed by atoms with van der Waals surface area (Å²) in [5.41, 5.74) is 1.39. The molecule has 6 rings (SSSR count). The summed E-state index contributed by atoms with van der Waals surface area (Å²) in [6.45, 7) is 0. The van der Waals surface area contributed by atoms with Gasteiger partial charge in [0.15, 0.2) is 28.6 Å². The first-order chi connectivity index (χ1) is 26.9. The molecule has 0 N–H and O–H groups in total. The number of hydrogen-bond acceptors (Lipinski definition) is 10. The van der Waals surface area contributed by atoms with Crippen LogP contribution in [0.1, 0.15) is 47.8 Å². The van der Waals surface area contributed by atoms with Crippen LogP contribution in [0.25, 0.3) is 0 Å². The molecule has 0 heterocycles. The van der Waals surface area contributed by atoms with E-state index in [-0.39, 0.29) is 28.3 Å². The minimum Gasteiger partial charge on any atom is -0.496 e. The lowest BCUT2D eigenvalue weighted by molar-refractivity contribution is 0.111. The summed E-state index contributed by atoms with van der Waals surface area (Å²) < 4.78 is 51.7. The number of carbonyl (C=O) groups is 3. The van der Waals surface area contributed by atoms with Crippen LogP contribution in [0.3, 0.4) is 0 Å². The second-order valence-electron chi connectivity index (χ2n) is 11.8. The Kier molecular flexibility index (Phi) is 12.4. The molecule has 0 bridgehead atoms. The minimum absolute atomic E-state index is 0.226. The Balaban J connectivity index is 1.61. The van der Waals surface area contributed by atoms with Crippen LogP contribution in [0.2, 0.25) is 0 Å². The van der Waals surface area contributed by atoms with Crippen LogP contribution in [0, 0.1) is 0 Å². The third-order valence-electron chi connectivity index (χ3n) is 8.61. The standard InChI is InChI=1S/C43H35O10P2/c1-48-38-24-30(27-44)18-21-37(38)52-55(42-23-20-32(29-46)26-40(42)50-3)53-43(33-12-6-4-7-13-33,34-14-8-5-9-15-34)35-16-10-11-17-36(35)51-54(47)41-22-19-31(28-45)25-39(41)49-2/h4-29H,1-3H3/q+1. The predicted molar refractivity (Wildman–Crippen MR) is 210 cm³/mol. The number of methoxy groups -OCH3 is 3. The minimum atomic E-state index is -2.60. The largest absolute Gasteiger partial charge is 0.601 e. The Morgan fingerprint density at radius 3 is 1.62 bits per heavy atom. The van der Waals surface area contributed by atoms with Crippen molar-refractivity contribution >= 4 is 45.9 Å². The molecule has 0 spiro atoms. The van der Waals surface area contributed by atoms with Crippen molar-refractivity contribution in [1.29, 1.82) is 0 Å². The third-order valence-corrected chi connectivity index (χ3v) is 11.3. The Hall–Kier alpha value is -6.18. The van der Waals surface area contributed by atoms with E-state index in [0.717, 1.165) is 0 Å². The fourth-order valence-electron chi connectivity index (χ4n) is 5.95. The molecule has 0 amide bonds. The van der Waals surface area contributed by atoms with Crippen LogP contribution in [0.5, 0.6) is 28.7 Å². The van der Waals surface area contributed by atoms with Gasteiger partial charge in [-0.3, -0.25) is 18.9 Å². The lowest BCUT2D eigenvalue weighted by atomic mass is 9.80. The molecular weight excluding hydrogens is 738 g/mol. The van der Waals surface area contributed by atoms with Crippen molar-refractivity contribution < 1.29 is 46.7 Å². The monoisotopic (exact) mass is 773 g/mol. The number of aldehydes is 3. The average Bonchev–Trinajstić information content (AvgIpc) is 3.25. The molecule has 0 aliphatic rings. The highest BCUT2D eigenvalue weighted by Gasteiger charge is 2.46. The first kappa shape index (κ1) is 38.5. The van der Waals surface area contributed by atoms with Crippen molar-refractivity contribution in [3.63, 3.8) is 0 Å². The van der Waals surface area contributed by atoms with Crippen molar-refractivity contribution in [3.05, 3.63) is 173 Å². The summed E-state index contributed by atoms with van der Waals surface area (Å²) in [5, 5.41) is 0.727. The van der Waals surface area contributed by atoms with Gasteiger partial charge in [0.2, 0.25) is 0 Å². The smallest absolute Gasteiger partial charge is 0.496 e. The van der Waals surface area contributed by atoms with E-state index in [9.17, 15) is 18.9 Å². The Morgan fingerprint density at radius 2 is 1.04 bits per heavy atom. The zero-order valence-corrected chi connectivity index (χ0v) is 31.8. The molecule has 0 fully saturated rings. The van der Waals surface area contributed by atoms with Gasteiger partial charge in [0.05, 0.1) is 26.6 Å². The van der Waals surface area contributed by atoms with Gasteiger partial charge in [-0.15, -0.1) is 0 Å². The van der Waals surface area contributed by atoms with Crippen LogP contribution in [0.15, 0.2) is 140 Å². The van der Waals surface area contributed by atoms with Crippen molar-refractivity contribution in [2.45, 2.75) is 5.60 Å². The van der Waals surface area contributed by atoms with E-state index in [2.05, 4.69) is 0 Å². The summed E-state index contributed by atoms with van der Waals surface area (Å²) in [5.74, 6) is 1.34. The van der Waals surface area contributed by atoms with Crippen LogP contribution < -0.4 is 33.9 Å². The molecule has 0 saturated heterocycles. The van der Waals surface area contributed by atoms with Crippen LogP contribution >= 0.6 is 16.4 Å². The first-order valence-corrected chi connectivity index (χ1v) is 19.2. The molecule has 2 atom stereocenters. The van der Waals surface area contributed by atoms with Gasteiger partial charge in [-0.2, -0.15) is 0 Å². The molecule has 0 aliphatic carbocycles. The molecule has 276 valence electrons. The number of carbonyl (C=O) groups excluding carboxylic acids is 3. The first-order valence-electron chi connectivity index (χ1n) is 16.8. The predicted octanol–water partition coefficient (Wildman–Crippen LogP) is 8.62. The summed E-state index contributed by atoms with van der Waals surface area (Å²) in [4.78, 5) is 35.0. The van der Waals surface area contributed by atoms with Crippen LogP contribution in [0.4, 0.5) is 0 Å². The number of hydrogen-bond donors (Lipinski definition) is 0.